The number of aliphatic hydroxyl groups is 1. The molecule has 3 N–H and O–H groups in total. The fourth-order valence-electron chi connectivity index (χ4n) is 3.82. The average molecular weight is 469 g/mol. The van der Waals surface area contributed by atoms with Crippen LogP contribution < -0.4 is 10.6 Å². The van der Waals surface area contributed by atoms with E-state index in [1.165, 1.54) is 0 Å². The van der Waals surface area contributed by atoms with Gasteiger partial charge in [-0.25, -0.2) is 4.79 Å². The van der Waals surface area contributed by atoms with Crippen LogP contribution in [-0.2, 0) is 22.4 Å². The van der Waals surface area contributed by atoms with Gasteiger partial charge in [0.25, 0.3) is 0 Å². The summed E-state index contributed by atoms with van der Waals surface area (Å²) in [5.74, 6) is -0.435. The normalized spacial score (nSPS) is 14.2. The largest absolute Gasteiger partial charge is 0.444 e. The number of benzene rings is 2. The summed E-state index contributed by atoms with van der Waals surface area (Å²) in [5, 5.41) is 17.0. The molecule has 2 rings (SSSR count). The zero-order valence-electron chi connectivity index (χ0n) is 21.1. The molecule has 186 valence electrons. The minimum atomic E-state index is -0.917. The van der Waals surface area contributed by atoms with Gasteiger partial charge in [-0.2, -0.15) is 0 Å². The number of nitrogens with one attached hydrogen (secondary N) is 2. The van der Waals surface area contributed by atoms with Gasteiger partial charge < -0.3 is 20.5 Å². The molecule has 2 amide bonds. The Morgan fingerprint density at radius 1 is 0.941 bits per heavy atom. The third kappa shape index (κ3) is 9.96. The molecular formula is C28H40N2O4. The molecule has 2 aromatic carbocycles. The van der Waals surface area contributed by atoms with Crippen molar-refractivity contribution < 1.29 is 19.4 Å². The number of aliphatic hydroxyl groups excluding tert-OH is 1. The van der Waals surface area contributed by atoms with Crippen LogP contribution in [-0.4, -0.2) is 41.4 Å². The lowest BCUT2D eigenvalue weighted by Crippen LogP contribution is -2.48. The molecule has 0 heterocycles. The van der Waals surface area contributed by atoms with Gasteiger partial charge >= 0.3 is 6.09 Å². The highest BCUT2D eigenvalue weighted by molar-refractivity contribution is 5.79. The average Bonchev–Trinajstić information content (AvgIpc) is 2.76. The Morgan fingerprint density at radius 2 is 1.50 bits per heavy atom. The molecular weight excluding hydrogens is 428 g/mol. The monoisotopic (exact) mass is 468 g/mol. The van der Waals surface area contributed by atoms with Crippen LogP contribution in [0, 0.1) is 11.8 Å². The molecule has 0 aliphatic heterocycles. The number of ether oxygens (including phenoxy) is 1. The van der Waals surface area contributed by atoms with Gasteiger partial charge in [0.2, 0.25) is 5.91 Å². The Morgan fingerprint density at radius 3 is 2.03 bits per heavy atom. The van der Waals surface area contributed by atoms with Crippen molar-refractivity contribution in [2.45, 2.75) is 71.6 Å². The SMILES string of the molecule is CC(C)[C@H](C[C@H](O)[C@H](Cc1ccccc1)NC(=O)OC(C)(C)C)C(=O)NCCc1ccccc1. The van der Waals surface area contributed by atoms with Gasteiger partial charge in [-0.1, -0.05) is 74.5 Å². The second-order valence-electron chi connectivity index (χ2n) is 10.1. The van der Waals surface area contributed by atoms with E-state index in [4.69, 9.17) is 4.74 Å². The van der Waals surface area contributed by atoms with Crippen LogP contribution in [0.1, 0.15) is 52.2 Å². The van der Waals surface area contributed by atoms with E-state index < -0.39 is 23.8 Å². The van der Waals surface area contributed by atoms with Gasteiger partial charge in [-0.15, -0.1) is 0 Å². The van der Waals surface area contributed by atoms with Crippen molar-refractivity contribution in [3.05, 3.63) is 71.8 Å². The molecule has 0 fully saturated rings. The highest BCUT2D eigenvalue weighted by atomic mass is 16.6. The third-order valence-corrected chi connectivity index (χ3v) is 5.66. The van der Waals surface area contributed by atoms with Crippen molar-refractivity contribution in [1.82, 2.24) is 10.6 Å². The molecule has 3 atom stereocenters. The van der Waals surface area contributed by atoms with E-state index in [0.29, 0.717) is 13.0 Å². The number of carbonyl (C=O) groups is 2. The summed E-state index contributed by atoms with van der Waals surface area (Å²) in [6, 6.07) is 19.1. The summed E-state index contributed by atoms with van der Waals surface area (Å²) in [5.41, 5.74) is 1.50. The molecule has 0 saturated heterocycles. The van der Waals surface area contributed by atoms with Crippen LogP contribution in [0.25, 0.3) is 0 Å². The van der Waals surface area contributed by atoms with Gasteiger partial charge in [0.1, 0.15) is 5.60 Å². The van der Waals surface area contributed by atoms with Crippen LogP contribution >= 0.6 is 0 Å². The van der Waals surface area contributed by atoms with E-state index in [2.05, 4.69) is 10.6 Å². The van der Waals surface area contributed by atoms with Crippen molar-refractivity contribution in [3.63, 3.8) is 0 Å². The number of amides is 2. The Hall–Kier alpha value is -2.86. The van der Waals surface area contributed by atoms with Crippen LogP contribution in [0.5, 0.6) is 0 Å². The summed E-state index contributed by atoms with van der Waals surface area (Å²) in [6.45, 7) is 9.87. The summed E-state index contributed by atoms with van der Waals surface area (Å²) < 4.78 is 5.41. The molecule has 0 spiro atoms. The fourth-order valence-corrected chi connectivity index (χ4v) is 3.82. The molecule has 2 aromatic rings. The Balaban J connectivity index is 2.04. The zero-order chi connectivity index (χ0) is 25.1. The van der Waals surface area contributed by atoms with Crippen LogP contribution in [0.2, 0.25) is 0 Å². The predicted octanol–water partition coefficient (Wildman–Crippen LogP) is 4.50. The Kier molecular flexibility index (Phi) is 10.6. The van der Waals surface area contributed by atoms with Gasteiger partial charge in [0.15, 0.2) is 0 Å². The second-order valence-corrected chi connectivity index (χ2v) is 10.1. The standard InChI is InChI=1S/C28H40N2O4/c1-20(2)23(26(32)29-17-16-21-12-8-6-9-13-21)19-25(31)24(18-22-14-10-7-11-15-22)30-27(33)34-28(3,4)5/h6-15,20,23-25,31H,16-19H2,1-5H3,(H,29,32)(H,30,33)/t23-,24-,25-/m0/s1. The minimum absolute atomic E-state index is 0.0327. The first-order valence-electron chi connectivity index (χ1n) is 12.1. The molecule has 0 radical (unpaired) electrons. The number of hydrogen-bond acceptors (Lipinski definition) is 4. The smallest absolute Gasteiger partial charge is 0.407 e. The highest BCUT2D eigenvalue weighted by Gasteiger charge is 2.31. The van der Waals surface area contributed by atoms with Gasteiger partial charge in [0.05, 0.1) is 12.1 Å². The maximum absolute atomic E-state index is 13.0. The predicted molar refractivity (Wildman–Crippen MR) is 135 cm³/mol. The summed E-state index contributed by atoms with van der Waals surface area (Å²) in [6.07, 6.45) is -0.0819. The van der Waals surface area contributed by atoms with Crippen LogP contribution in [0.3, 0.4) is 0 Å². The van der Waals surface area contributed by atoms with E-state index in [1.807, 2.05) is 74.5 Å². The van der Waals surface area contributed by atoms with E-state index in [-0.39, 0.29) is 24.2 Å². The number of alkyl carbamates (subject to hydrolysis) is 1. The number of rotatable bonds is 11. The van der Waals surface area contributed by atoms with Crippen molar-refractivity contribution in [2.75, 3.05) is 6.54 Å². The molecule has 0 bridgehead atoms. The topological polar surface area (TPSA) is 87.7 Å². The zero-order valence-corrected chi connectivity index (χ0v) is 21.1. The van der Waals surface area contributed by atoms with Crippen LogP contribution in [0.4, 0.5) is 4.79 Å². The molecule has 0 aliphatic carbocycles. The molecule has 34 heavy (non-hydrogen) atoms. The molecule has 0 aliphatic rings. The Labute approximate surface area is 204 Å². The molecule has 6 heteroatoms. The van der Waals surface area contributed by atoms with Gasteiger partial charge in [0, 0.05) is 12.5 Å². The van der Waals surface area contributed by atoms with E-state index in [9.17, 15) is 14.7 Å². The van der Waals surface area contributed by atoms with Crippen molar-refractivity contribution in [2.24, 2.45) is 11.8 Å². The van der Waals surface area contributed by atoms with Gasteiger partial charge in [-0.3, -0.25) is 4.79 Å². The molecule has 0 aromatic heterocycles. The van der Waals surface area contributed by atoms with Crippen molar-refractivity contribution in [1.29, 1.82) is 0 Å². The summed E-state index contributed by atoms with van der Waals surface area (Å²) in [4.78, 5) is 25.4. The van der Waals surface area contributed by atoms with E-state index in [1.54, 1.807) is 20.8 Å². The lowest BCUT2D eigenvalue weighted by atomic mass is 9.86. The quantitative estimate of drug-likeness (QED) is 0.453. The molecule has 0 unspecified atom stereocenters. The maximum Gasteiger partial charge on any atom is 0.407 e. The van der Waals surface area contributed by atoms with Crippen molar-refractivity contribution >= 4 is 12.0 Å². The first-order chi connectivity index (χ1) is 16.0. The van der Waals surface area contributed by atoms with Gasteiger partial charge in [-0.05, 0) is 57.1 Å². The lowest BCUT2D eigenvalue weighted by molar-refractivity contribution is -0.127. The molecule has 6 nitrogen and oxygen atoms in total. The lowest BCUT2D eigenvalue weighted by Gasteiger charge is -2.30. The first-order valence-corrected chi connectivity index (χ1v) is 12.1. The second kappa shape index (κ2) is 13.1. The van der Waals surface area contributed by atoms with E-state index >= 15 is 0 Å². The Bertz CT molecular complexity index is 878. The summed E-state index contributed by atoms with van der Waals surface area (Å²) >= 11 is 0. The highest BCUT2D eigenvalue weighted by Crippen LogP contribution is 2.21. The number of carbonyl (C=O) groups excluding carboxylic acids is 2. The maximum atomic E-state index is 13.0. The summed E-state index contributed by atoms with van der Waals surface area (Å²) in [7, 11) is 0. The number of hydrogen-bond donors (Lipinski definition) is 3. The van der Waals surface area contributed by atoms with Crippen molar-refractivity contribution in [3.8, 4) is 0 Å². The first kappa shape index (κ1) is 27.4. The molecule has 0 saturated carbocycles. The van der Waals surface area contributed by atoms with Crippen LogP contribution in [0.15, 0.2) is 60.7 Å². The minimum Gasteiger partial charge on any atom is -0.444 e. The third-order valence-electron chi connectivity index (χ3n) is 5.66. The fraction of sp³-hybridized carbons (Fsp3) is 0.500. The van der Waals surface area contributed by atoms with E-state index in [0.717, 1.165) is 17.5 Å².